The molecule has 0 atom stereocenters. The molecule has 1 aromatic heterocycles. The van der Waals surface area contributed by atoms with Crippen LogP contribution in [0.2, 0.25) is 0 Å². The maximum absolute atomic E-state index is 13.3. The van der Waals surface area contributed by atoms with Crippen molar-refractivity contribution >= 4 is 38.6 Å². The number of nitrogens with zero attached hydrogens (tertiary/aromatic N) is 2. The Morgan fingerprint density at radius 2 is 1.91 bits per heavy atom. The number of carbonyl (C=O) groups excluding carboxylic acids is 1. The molecule has 0 aliphatic rings. The van der Waals surface area contributed by atoms with Crippen LogP contribution in [-0.2, 0) is 21.2 Å². The fraction of sp³-hybridized carbons (Fsp3) is 0.304. The van der Waals surface area contributed by atoms with Gasteiger partial charge in [0, 0.05) is 17.8 Å². The molecule has 0 bridgehead atoms. The summed E-state index contributed by atoms with van der Waals surface area (Å²) in [5, 5.41) is 5.61. The first-order valence-corrected chi connectivity index (χ1v) is 12.6. The molecule has 0 spiro atoms. The minimum atomic E-state index is -3.84. The van der Waals surface area contributed by atoms with Crippen LogP contribution in [-0.4, -0.2) is 33.0 Å². The molecule has 0 radical (unpaired) electrons. The van der Waals surface area contributed by atoms with Gasteiger partial charge < -0.3 is 10.1 Å². The molecule has 1 heterocycles. The van der Waals surface area contributed by atoms with Gasteiger partial charge in [0.1, 0.15) is 5.75 Å². The molecule has 3 rings (SSSR count). The Morgan fingerprint density at radius 1 is 1.19 bits per heavy atom. The van der Waals surface area contributed by atoms with Crippen molar-refractivity contribution in [1.29, 1.82) is 0 Å². The number of rotatable bonds is 9. The Kier molecular flexibility index (Phi) is 7.52. The quantitative estimate of drug-likeness (QED) is 0.488. The summed E-state index contributed by atoms with van der Waals surface area (Å²) in [7, 11) is -2.37. The molecule has 3 aromatic rings. The van der Waals surface area contributed by atoms with Crippen molar-refractivity contribution in [3.63, 3.8) is 0 Å². The Balaban J connectivity index is 1.86. The van der Waals surface area contributed by atoms with Crippen LogP contribution in [0.3, 0.4) is 0 Å². The summed E-state index contributed by atoms with van der Waals surface area (Å²) in [5.74, 6) is 0.375. The van der Waals surface area contributed by atoms with Crippen LogP contribution in [0.4, 0.5) is 11.4 Å². The maximum atomic E-state index is 13.3. The zero-order valence-corrected chi connectivity index (χ0v) is 20.2. The van der Waals surface area contributed by atoms with Crippen molar-refractivity contribution in [2.24, 2.45) is 0 Å². The minimum absolute atomic E-state index is 0.0649. The third-order valence-corrected chi connectivity index (χ3v) is 7.86. The number of carbonyl (C=O) groups is 1. The molecular weight excluding hydrogens is 446 g/mol. The maximum Gasteiger partial charge on any atom is 0.264 e. The molecule has 9 heteroatoms. The Morgan fingerprint density at radius 3 is 2.50 bits per heavy atom. The zero-order valence-electron chi connectivity index (χ0n) is 18.5. The molecule has 0 unspecified atom stereocenters. The number of methoxy groups -OCH3 is 1. The van der Waals surface area contributed by atoms with E-state index >= 15 is 0 Å². The van der Waals surface area contributed by atoms with Crippen LogP contribution < -0.4 is 14.4 Å². The number of ether oxygens (including phenoxy) is 1. The van der Waals surface area contributed by atoms with Crippen LogP contribution in [0, 0.1) is 0 Å². The molecule has 7 nitrogen and oxygen atoms in total. The van der Waals surface area contributed by atoms with E-state index in [1.54, 1.807) is 37.3 Å². The molecule has 0 aliphatic heterocycles. The van der Waals surface area contributed by atoms with Gasteiger partial charge in [-0.25, -0.2) is 13.4 Å². The smallest absolute Gasteiger partial charge is 0.264 e. The number of anilines is 2. The van der Waals surface area contributed by atoms with Gasteiger partial charge in [-0.15, -0.1) is 11.3 Å². The molecule has 1 N–H and O–H groups in total. The number of benzene rings is 2. The van der Waals surface area contributed by atoms with Gasteiger partial charge in [-0.2, -0.15) is 0 Å². The molecule has 0 saturated heterocycles. The van der Waals surface area contributed by atoms with Crippen molar-refractivity contribution in [3.05, 3.63) is 64.6 Å². The summed E-state index contributed by atoms with van der Waals surface area (Å²) in [4.78, 5) is 17.2. The normalized spacial score (nSPS) is 11.4. The lowest BCUT2D eigenvalue weighted by Gasteiger charge is -2.23. The fourth-order valence-corrected chi connectivity index (χ4v) is 5.52. The minimum Gasteiger partial charge on any atom is -0.495 e. The lowest BCUT2D eigenvalue weighted by Crippen LogP contribution is -2.30. The van der Waals surface area contributed by atoms with Crippen LogP contribution in [0.15, 0.2) is 58.8 Å². The second-order valence-corrected chi connectivity index (χ2v) is 10.2. The first-order chi connectivity index (χ1) is 15.3. The van der Waals surface area contributed by atoms with E-state index in [-0.39, 0.29) is 23.8 Å². The van der Waals surface area contributed by atoms with E-state index in [1.165, 1.54) is 34.9 Å². The Bertz CT molecular complexity index is 1170. The number of thiazole rings is 1. The second-order valence-electron chi connectivity index (χ2n) is 7.42. The first kappa shape index (κ1) is 23.7. The molecular formula is C23H27N3O4S2. The molecule has 0 aliphatic carbocycles. The molecule has 2 aromatic carbocycles. The van der Waals surface area contributed by atoms with Crippen LogP contribution >= 0.6 is 11.3 Å². The van der Waals surface area contributed by atoms with Crippen molar-refractivity contribution in [1.82, 2.24) is 4.98 Å². The van der Waals surface area contributed by atoms with Gasteiger partial charge in [0.15, 0.2) is 0 Å². The predicted octanol–water partition coefficient (Wildman–Crippen LogP) is 4.67. The predicted molar refractivity (Wildman–Crippen MR) is 128 cm³/mol. The summed E-state index contributed by atoms with van der Waals surface area (Å²) in [6.45, 7) is 6.14. The summed E-state index contributed by atoms with van der Waals surface area (Å²) in [5.41, 5.74) is 1.54. The number of aromatic nitrogens is 1. The molecule has 0 saturated carbocycles. The lowest BCUT2D eigenvalue weighted by molar-refractivity contribution is -0.115. The van der Waals surface area contributed by atoms with E-state index in [1.807, 2.05) is 11.4 Å². The van der Waals surface area contributed by atoms with Crippen molar-refractivity contribution in [2.45, 2.75) is 38.0 Å². The van der Waals surface area contributed by atoms with Crippen LogP contribution in [0.25, 0.3) is 0 Å². The van der Waals surface area contributed by atoms with Gasteiger partial charge in [0.25, 0.3) is 10.0 Å². The Hall–Kier alpha value is -2.91. The number of sulfonamides is 1. The topological polar surface area (TPSA) is 88.6 Å². The largest absolute Gasteiger partial charge is 0.495 e. The van der Waals surface area contributed by atoms with Crippen LogP contribution in [0.1, 0.15) is 37.4 Å². The molecule has 32 heavy (non-hydrogen) atoms. The standard InChI is InChI=1S/C23H27N3O4S2/c1-5-26(18-9-7-6-8-10-18)32(28,29)19-11-12-21(30-4)20(14-19)25-22(27)13-17-15-31-23(24-17)16(2)3/h6-12,14-16H,5,13H2,1-4H3,(H,25,27). The van der Waals surface area contributed by atoms with Crippen molar-refractivity contribution in [3.8, 4) is 5.75 Å². The number of amides is 1. The van der Waals surface area contributed by atoms with Gasteiger partial charge in [-0.3, -0.25) is 9.10 Å². The summed E-state index contributed by atoms with van der Waals surface area (Å²) < 4.78 is 33.3. The average Bonchev–Trinajstić information content (AvgIpc) is 3.23. The number of hydrogen-bond acceptors (Lipinski definition) is 6. The Labute approximate surface area is 193 Å². The van der Waals surface area contributed by atoms with E-state index in [0.29, 0.717) is 28.7 Å². The second kappa shape index (κ2) is 10.1. The highest BCUT2D eigenvalue weighted by Gasteiger charge is 2.25. The molecule has 0 fully saturated rings. The fourth-order valence-electron chi connectivity index (χ4n) is 3.19. The van der Waals surface area contributed by atoms with E-state index in [0.717, 1.165) is 5.01 Å². The number of para-hydroxylation sites is 1. The lowest BCUT2D eigenvalue weighted by atomic mass is 10.2. The zero-order chi connectivity index (χ0) is 23.3. The van der Waals surface area contributed by atoms with Crippen molar-refractivity contribution < 1.29 is 17.9 Å². The summed E-state index contributed by atoms with van der Waals surface area (Å²) in [6, 6.07) is 13.3. The summed E-state index contributed by atoms with van der Waals surface area (Å²) in [6.07, 6.45) is 0.0917. The van der Waals surface area contributed by atoms with Gasteiger partial charge >= 0.3 is 0 Å². The van der Waals surface area contributed by atoms with Gasteiger partial charge in [0.05, 0.1) is 40.5 Å². The monoisotopic (exact) mass is 473 g/mol. The number of nitrogens with one attached hydrogen (secondary N) is 1. The van der Waals surface area contributed by atoms with E-state index in [9.17, 15) is 13.2 Å². The van der Waals surface area contributed by atoms with E-state index in [2.05, 4.69) is 24.1 Å². The number of hydrogen-bond donors (Lipinski definition) is 1. The molecule has 1 amide bonds. The highest BCUT2D eigenvalue weighted by Crippen LogP contribution is 2.31. The summed E-state index contributed by atoms with van der Waals surface area (Å²) >= 11 is 1.52. The SMILES string of the molecule is CCN(c1ccccc1)S(=O)(=O)c1ccc(OC)c(NC(=O)Cc2csc(C(C)C)n2)c1. The van der Waals surface area contributed by atoms with Crippen LogP contribution in [0.5, 0.6) is 5.75 Å². The molecule has 170 valence electrons. The highest BCUT2D eigenvalue weighted by atomic mass is 32.2. The van der Waals surface area contributed by atoms with Gasteiger partial charge in [0.2, 0.25) is 5.91 Å². The van der Waals surface area contributed by atoms with E-state index in [4.69, 9.17) is 4.74 Å². The average molecular weight is 474 g/mol. The van der Waals surface area contributed by atoms with Gasteiger partial charge in [-0.1, -0.05) is 32.0 Å². The van der Waals surface area contributed by atoms with Gasteiger partial charge in [-0.05, 0) is 37.3 Å². The first-order valence-electron chi connectivity index (χ1n) is 10.3. The van der Waals surface area contributed by atoms with Crippen molar-refractivity contribution in [2.75, 3.05) is 23.3 Å². The third-order valence-electron chi connectivity index (χ3n) is 4.77. The highest BCUT2D eigenvalue weighted by molar-refractivity contribution is 7.92. The van der Waals surface area contributed by atoms with E-state index < -0.39 is 10.0 Å². The third kappa shape index (κ3) is 5.28.